The van der Waals surface area contributed by atoms with Crippen LogP contribution in [0.1, 0.15) is 34.6 Å². The molecule has 0 aromatic carbocycles. The highest BCUT2D eigenvalue weighted by molar-refractivity contribution is 5.74. The van der Waals surface area contributed by atoms with E-state index in [0.717, 1.165) is 0 Å². The molecule has 0 unspecified atom stereocenters. The summed E-state index contributed by atoms with van der Waals surface area (Å²) >= 11 is 0. The molecular formula is C11H24N2O3. The minimum atomic E-state index is -0.374. The van der Waals surface area contributed by atoms with Crippen LogP contribution >= 0.6 is 0 Å². The third-order valence-corrected chi connectivity index (χ3v) is 1.62. The van der Waals surface area contributed by atoms with Crippen LogP contribution in [0.3, 0.4) is 0 Å². The summed E-state index contributed by atoms with van der Waals surface area (Å²) in [5.74, 6) is 0. The van der Waals surface area contributed by atoms with E-state index in [1.807, 2.05) is 34.6 Å². The van der Waals surface area contributed by atoms with Gasteiger partial charge in [-0.1, -0.05) is 0 Å². The minimum Gasteiger partial charge on any atom is -0.351 e. The van der Waals surface area contributed by atoms with Crippen LogP contribution < -0.4 is 10.6 Å². The van der Waals surface area contributed by atoms with Gasteiger partial charge in [0, 0.05) is 18.8 Å². The highest BCUT2D eigenvalue weighted by Gasteiger charge is 2.15. The zero-order valence-corrected chi connectivity index (χ0v) is 10.9. The van der Waals surface area contributed by atoms with E-state index in [0.29, 0.717) is 19.8 Å². The first-order chi connectivity index (χ1) is 7.39. The second-order valence-corrected chi connectivity index (χ2v) is 4.43. The zero-order chi connectivity index (χ0) is 12.6. The third-order valence-electron chi connectivity index (χ3n) is 1.62. The Hall–Kier alpha value is -0.810. The molecule has 0 saturated carbocycles. The molecule has 5 heteroatoms. The fourth-order valence-corrected chi connectivity index (χ4v) is 1.10. The second-order valence-electron chi connectivity index (χ2n) is 4.43. The molecule has 0 fully saturated rings. The Balaban J connectivity index is 3.86. The van der Waals surface area contributed by atoms with Crippen LogP contribution in [0.2, 0.25) is 0 Å². The Morgan fingerprint density at radius 1 is 1.19 bits per heavy atom. The van der Waals surface area contributed by atoms with Crippen molar-refractivity contribution in [2.75, 3.05) is 19.8 Å². The number of carbonyl (C=O) groups excluding carboxylic acids is 1. The maximum absolute atomic E-state index is 11.4. The lowest BCUT2D eigenvalue weighted by Crippen LogP contribution is -2.48. The van der Waals surface area contributed by atoms with Crippen LogP contribution in [0.5, 0.6) is 0 Å². The van der Waals surface area contributed by atoms with Crippen molar-refractivity contribution in [1.29, 1.82) is 0 Å². The fourth-order valence-electron chi connectivity index (χ4n) is 1.10. The Morgan fingerprint density at radius 3 is 2.06 bits per heavy atom. The molecule has 0 aliphatic carbocycles. The van der Waals surface area contributed by atoms with E-state index >= 15 is 0 Å². The second kappa shape index (κ2) is 7.46. The standard InChI is InChI=1S/C11H24N2O3/c1-6-15-9(16-7-2)8-12-10(14)13-11(3,4)5/h9H,6-8H2,1-5H3,(H2,12,13,14). The van der Waals surface area contributed by atoms with Crippen molar-refractivity contribution in [3.05, 3.63) is 0 Å². The molecule has 0 aromatic heterocycles. The van der Waals surface area contributed by atoms with Gasteiger partial charge in [-0.15, -0.1) is 0 Å². The highest BCUT2D eigenvalue weighted by atomic mass is 16.7. The molecular weight excluding hydrogens is 208 g/mol. The number of ether oxygens (including phenoxy) is 2. The molecule has 96 valence electrons. The number of hydrogen-bond donors (Lipinski definition) is 2. The van der Waals surface area contributed by atoms with Gasteiger partial charge < -0.3 is 20.1 Å². The molecule has 0 heterocycles. The molecule has 0 saturated heterocycles. The van der Waals surface area contributed by atoms with Gasteiger partial charge in [0.2, 0.25) is 0 Å². The van der Waals surface area contributed by atoms with Crippen LogP contribution in [0.4, 0.5) is 4.79 Å². The van der Waals surface area contributed by atoms with Crippen LogP contribution in [-0.4, -0.2) is 37.6 Å². The zero-order valence-electron chi connectivity index (χ0n) is 10.9. The smallest absolute Gasteiger partial charge is 0.315 e. The molecule has 2 amide bonds. The summed E-state index contributed by atoms with van der Waals surface area (Å²) in [5, 5.41) is 5.51. The molecule has 0 spiro atoms. The molecule has 0 aromatic rings. The van der Waals surface area contributed by atoms with E-state index in [1.165, 1.54) is 0 Å². The van der Waals surface area contributed by atoms with Gasteiger partial charge in [0.25, 0.3) is 0 Å². The van der Waals surface area contributed by atoms with Gasteiger partial charge in [0.1, 0.15) is 0 Å². The molecule has 2 N–H and O–H groups in total. The largest absolute Gasteiger partial charge is 0.351 e. The van der Waals surface area contributed by atoms with Crippen molar-refractivity contribution >= 4 is 6.03 Å². The molecule has 0 aliphatic rings. The minimum absolute atomic E-state index is 0.211. The quantitative estimate of drug-likeness (QED) is 0.682. The summed E-state index contributed by atoms with van der Waals surface area (Å²) in [6.45, 7) is 11.0. The molecule has 0 bridgehead atoms. The first-order valence-corrected chi connectivity index (χ1v) is 5.68. The summed E-state index contributed by atoms with van der Waals surface area (Å²) in [6.07, 6.45) is -0.374. The summed E-state index contributed by atoms with van der Waals surface area (Å²) in [6, 6.07) is -0.211. The highest BCUT2D eigenvalue weighted by Crippen LogP contribution is 1.98. The molecule has 0 radical (unpaired) electrons. The lowest BCUT2D eigenvalue weighted by Gasteiger charge is -2.22. The summed E-state index contributed by atoms with van der Waals surface area (Å²) in [5.41, 5.74) is -0.239. The first kappa shape index (κ1) is 15.2. The average molecular weight is 232 g/mol. The van der Waals surface area contributed by atoms with Gasteiger partial charge >= 0.3 is 6.03 Å². The first-order valence-electron chi connectivity index (χ1n) is 5.68. The van der Waals surface area contributed by atoms with E-state index in [2.05, 4.69) is 10.6 Å². The number of hydrogen-bond acceptors (Lipinski definition) is 3. The summed E-state index contributed by atoms with van der Waals surface area (Å²) in [4.78, 5) is 11.4. The van der Waals surface area contributed by atoms with Crippen molar-refractivity contribution in [1.82, 2.24) is 10.6 Å². The Kier molecular flexibility index (Phi) is 7.08. The maximum Gasteiger partial charge on any atom is 0.315 e. The van der Waals surface area contributed by atoms with E-state index in [4.69, 9.17) is 9.47 Å². The fraction of sp³-hybridized carbons (Fsp3) is 0.909. The van der Waals surface area contributed by atoms with Crippen molar-refractivity contribution in [3.63, 3.8) is 0 Å². The number of carbonyl (C=O) groups is 1. The predicted molar refractivity (Wildman–Crippen MR) is 63.3 cm³/mol. The van der Waals surface area contributed by atoms with E-state index in [1.54, 1.807) is 0 Å². The summed E-state index contributed by atoms with van der Waals surface area (Å²) in [7, 11) is 0. The van der Waals surface area contributed by atoms with Crippen LogP contribution in [0.15, 0.2) is 0 Å². The van der Waals surface area contributed by atoms with Crippen molar-refractivity contribution in [2.24, 2.45) is 0 Å². The van der Waals surface area contributed by atoms with Crippen molar-refractivity contribution in [3.8, 4) is 0 Å². The number of urea groups is 1. The van der Waals surface area contributed by atoms with Crippen LogP contribution in [0, 0.1) is 0 Å². The number of nitrogens with one attached hydrogen (secondary N) is 2. The summed E-state index contributed by atoms with van der Waals surface area (Å²) < 4.78 is 10.6. The maximum atomic E-state index is 11.4. The van der Waals surface area contributed by atoms with Gasteiger partial charge in [0.15, 0.2) is 6.29 Å². The van der Waals surface area contributed by atoms with E-state index < -0.39 is 0 Å². The van der Waals surface area contributed by atoms with Gasteiger partial charge in [-0.05, 0) is 34.6 Å². The Morgan fingerprint density at radius 2 is 1.69 bits per heavy atom. The Labute approximate surface area is 97.9 Å². The molecule has 16 heavy (non-hydrogen) atoms. The number of amides is 2. The lowest BCUT2D eigenvalue weighted by atomic mass is 10.1. The van der Waals surface area contributed by atoms with Gasteiger partial charge in [-0.3, -0.25) is 0 Å². The van der Waals surface area contributed by atoms with Crippen LogP contribution in [0.25, 0.3) is 0 Å². The van der Waals surface area contributed by atoms with Crippen molar-refractivity contribution < 1.29 is 14.3 Å². The third kappa shape index (κ3) is 8.49. The molecule has 0 rings (SSSR count). The van der Waals surface area contributed by atoms with Crippen molar-refractivity contribution in [2.45, 2.75) is 46.4 Å². The Bertz CT molecular complexity index is 196. The number of rotatable bonds is 6. The molecule has 0 atom stereocenters. The monoisotopic (exact) mass is 232 g/mol. The molecule has 0 aliphatic heterocycles. The topological polar surface area (TPSA) is 59.6 Å². The SMILES string of the molecule is CCOC(CNC(=O)NC(C)(C)C)OCC. The van der Waals surface area contributed by atoms with Gasteiger partial charge in [0.05, 0.1) is 6.54 Å². The molecule has 5 nitrogen and oxygen atoms in total. The predicted octanol–water partition coefficient (Wildman–Crippen LogP) is 1.48. The van der Waals surface area contributed by atoms with E-state index in [-0.39, 0.29) is 17.9 Å². The lowest BCUT2D eigenvalue weighted by molar-refractivity contribution is -0.131. The van der Waals surface area contributed by atoms with Gasteiger partial charge in [-0.2, -0.15) is 0 Å². The normalized spacial score (nSPS) is 11.6. The van der Waals surface area contributed by atoms with E-state index in [9.17, 15) is 4.79 Å². The average Bonchev–Trinajstić information content (AvgIpc) is 2.12. The van der Waals surface area contributed by atoms with Gasteiger partial charge in [-0.25, -0.2) is 4.79 Å². The van der Waals surface area contributed by atoms with Crippen LogP contribution in [-0.2, 0) is 9.47 Å².